The van der Waals surface area contributed by atoms with Crippen molar-refractivity contribution < 1.29 is 9.53 Å². The van der Waals surface area contributed by atoms with Gasteiger partial charge in [0.2, 0.25) is 0 Å². The van der Waals surface area contributed by atoms with Crippen molar-refractivity contribution in [3.63, 3.8) is 0 Å². The zero-order valence-corrected chi connectivity index (χ0v) is 12.4. The van der Waals surface area contributed by atoms with E-state index in [-0.39, 0.29) is 0 Å². The molecule has 0 saturated carbocycles. The minimum absolute atomic E-state index is 0.369. The van der Waals surface area contributed by atoms with E-state index in [2.05, 4.69) is 5.32 Å². The monoisotopic (exact) mass is 319 g/mol. The average molecular weight is 320 g/mol. The van der Waals surface area contributed by atoms with Gasteiger partial charge in [-0.25, -0.2) is 4.79 Å². The van der Waals surface area contributed by atoms with E-state index in [1.807, 2.05) is 30.3 Å². The van der Waals surface area contributed by atoms with E-state index >= 15 is 0 Å². The van der Waals surface area contributed by atoms with Crippen molar-refractivity contribution in [3.8, 4) is 0 Å². The summed E-state index contributed by atoms with van der Waals surface area (Å²) in [7, 11) is 0. The normalized spacial score (nSPS) is 19.4. The first-order valence-electron chi connectivity index (χ1n) is 6.33. The van der Waals surface area contributed by atoms with E-state index in [1.165, 1.54) is 0 Å². The summed E-state index contributed by atoms with van der Waals surface area (Å²) in [5.74, 6) is -0.408. The van der Waals surface area contributed by atoms with Gasteiger partial charge in [0.1, 0.15) is 5.70 Å². The molecule has 1 atom stereocenters. The van der Waals surface area contributed by atoms with Crippen LogP contribution < -0.4 is 5.32 Å². The van der Waals surface area contributed by atoms with Crippen LogP contribution in [0, 0.1) is 0 Å². The molecule has 1 N–H and O–H groups in total. The first kappa shape index (κ1) is 14.0. The molecule has 0 amide bonds. The quantitative estimate of drug-likeness (QED) is 0.666. The van der Waals surface area contributed by atoms with Crippen molar-refractivity contribution in [2.45, 2.75) is 6.23 Å². The number of rotatable bonds is 2. The first-order valence-corrected chi connectivity index (χ1v) is 7.08. The molecule has 0 aromatic heterocycles. The second-order valence-corrected chi connectivity index (χ2v) is 5.41. The Bertz CT molecular complexity index is 713. The van der Waals surface area contributed by atoms with Crippen LogP contribution in [-0.4, -0.2) is 5.97 Å². The molecule has 1 heterocycles. The number of cyclic esters (lactones) is 1. The van der Waals surface area contributed by atoms with Gasteiger partial charge >= 0.3 is 5.97 Å². The summed E-state index contributed by atoms with van der Waals surface area (Å²) in [4.78, 5) is 11.9. The Morgan fingerprint density at radius 3 is 2.57 bits per heavy atom. The largest absolute Gasteiger partial charge is 0.433 e. The van der Waals surface area contributed by atoms with Crippen LogP contribution in [0.2, 0.25) is 10.0 Å². The minimum Gasteiger partial charge on any atom is -0.433 e. The Balaban J connectivity index is 1.86. The highest BCUT2D eigenvalue weighted by Gasteiger charge is 2.29. The van der Waals surface area contributed by atoms with E-state index in [1.54, 1.807) is 24.3 Å². The number of esters is 1. The Morgan fingerprint density at radius 2 is 1.86 bits per heavy atom. The molecular weight excluding hydrogens is 309 g/mol. The fourth-order valence-corrected chi connectivity index (χ4v) is 2.52. The molecule has 5 heteroatoms. The number of nitrogens with one attached hydrogen (secondary N) is 1. The lowest BCUT2D eigenvalue weighted by Gasteiger charge is -2.08. The maximum atomic E-state index is 11.9. The van der Waals surface area contributed by atoms with Crippen LogP contribution >= 0.6 is 23.2 Å². The van der Waals surface area contributed by atoms with E-state index in [4.69, 9.17) is 27.9 Å². The molecular formula is C16H11Cl2NO2. The van der Waals surface area contributed by atoms with Crippen molar-refractivity contribution in [3.05, 3.63) is 75.4 Å². The van der Waals surface area contributed by atoms with Crippen LogP contribution in [0.5, 0.6) is 0 Å². The number of hydrogen-bond acceptors (Lipinski definition) is 3. The number of carbonyl (C=O) groups excluding carboxylic acids is 1. The van der Waals surface area contributed by atoms with Gasteiger partial charge in [0, 0.05) is 15.6 Å². The molecule has 2 aromatic carbocycles. The standard InChI is InChI=1S/C16H11Cl2NO2/c17-12-7-6-11(13(18)9-12)8-14-16(20)21-15(19-14)10-4-2-1-3-5-10/h1-9,15,19H/b14-8-. The SMILES string of the molecule is O=C1OC(c2ccccc2)N/C1=C\c1ccc(Cl)cc1Cl. The van der Waals surface area contributed by atoms with Crippen LogP contribution in [0.15, 0.2) is 54.2 Å². The molecule has 106 valence electrons. The predicted molar refractivity (Wildman–Crippen MR) is 82.8 cm³/mol. The van der Waals surface area contributed by atoms with E-state index in [0.717, 1.165) is 5.56 Å². The van der Waals surface area contributed by atoms with Crippen molar-refractivity contribution in [2.24, 2.45) is 0 Å². The number of ether oxygens (including phenoxy) is 1. The predicted octanol–water partition coefficient (Wildman–Crippen LogP) is 4.18. The van der Waals surface area contributed by atoms with Gasteiger partial charge in [-0.05, 0) is 23.8 Å². The molecule has 1 fully saturated rings. The van der Waals surface area contributed by atoms with Gasteiger partial charge in [0.15, 0.2) is 6.23 Å². The van der Waals surface area contributed by atoms with Crippen molar-refractivity contribution in [1.29, 1.82) is 0 Å². The fourth-order valence-electron chi connectivity index (χ4n) is 2.05. The molecule has 1 saturated heterocycles. The maximum Gasteiger partial charge on any atom is 0.356 e. The Kier molecular flexibility index (Phi) is 3.86. The lowest BCUT2D eigenvalue weighted by atomic mass is 10.2. The third-order valence-electron chi connectivity index (χ3n) is 3.10. The van der Waals surface area contributed by atoms with Crippen LogP contribution in [0.4, 0.5) is 0 Å². The highest BCUT2D eigenvalue weighted by Crippen LogP contribution is 2.27. The second-order valence-electron chi connectivity index (χ2n) is 4.56. The van der Waals surface area contributed by atoms with E-state index in [9.17, 15) is 4.79 Å². The maximum absolute atomic E-state index is 11.9. The molecule has 1 unspecified atom stereocenters. The molecule has 3 nitrogen and oxygen atoms in total. The number of benzene rings is 2. The zero-order valence-electron chi connectivity index (χ0n) is 10.8. The molecule has 0 aliphatic carbocycles. The average Bonchev–Trinajstić information content (AvgIpc) is 2.84. The van der Waals surface area contributed by atoms with Crippen LogP contribution in [-0.2, 0) is 9.53 Å². The molecule has 0 spiro atoms. The summed E-state index contributed by atoms with van der Waals surface area (Å²) in [5.41, 5.74) is 1.96. The van der Waals surface area contributed by atoms with Gasteiger partial charge < -0.3 is 10.1 Å². The van der Waals surface area contributed by atoms with Gasteiger partial charge in [0.25, 0.3) is 0 Å². The molecule has 21 heavy (non-hydrogen) atoms. The van der Waals surface area contributed by atoms with Crippen LogP contribution in [0.25, 0.3) is 6.08 Å². The van der Waals surface area contributed by atoms with Crippen LogP contribution in [0.1, 0.15) is 17.4 Å². The molecule has 2 aromatic rings. The van der Waals surface area contributed by atoms with E-state index in [0.29, 0.717) is 21.3 Å². The summed E-state index contributed by atoms with van der Waals surface area (Å²) < 4.78 is 5.31. The van der Waals surface area contributed by atoms with Crippen molar-refractivity contribution >= 4 is 35.2 Å². The third kappa shape index (κ3) is 3.04. The van der Waals surface area contributed by atoms with Crippen molar-refractivity contribution in [2.75, 3.05) is 0 Å². The number of carbonyl (C=O) groups is 1. The summed E-state index contributed by atoms with van der Waals surface area (Å²) in [6.45, 7) is 0. The van der Waals surface area contributed by atoms with E-state index < -0.39 is 12.2 Å². The molecule has 0 bridgehead atoms. The zero-order chi connectivity index (χ0) is 14.8. The smallest absolute Gasteiger partial charge is 0.356 e. The summed E-state index contributed by atoms with van der Waals surface area (Å²) in [5, 5.41) is 4.07. The number of halogens is 2. The lowest BCUT2D eigenvalue weighted by Crippen LogP contribution is -2.12. The summed E-state index contributed by atoms with van der Waals surface area (Å²) >= 11 is 12.0. The fraction of sp³-hybridized carbons (Fsp3) is 0.0625. The first-order chi connectivity index (χ1) is 10.1. The summed E-state index contributed by atoms with van der Waals surface area (Å²) in [6.07, 6.45) is 1.18. The van der Waals surface area contributed by atoms with Gasteiger partial charge in [-0.3, -0.25) is 0 Å². The lowest BCUT2D eigenvalue weighted by molar-refractivity contribution is -0.139. The molecule has 3 rings (SSSR count). The molecule has 1 aliphatic rings. The van der Waals surface area contributed by atoms with Crippen molar-refractivity contribution in [1.82, 2.24) is 5.32 Å². The Hall–Kier alpha value is -1.97. The van der Waals surface area contributed by atoms with Crippen LogP contribution in [0.3, 0.4) is 0 Å². The summed E-state index contributed by atoms with van der Waals surface area (Å²) in [6, 6.07) is 14.6. The molecule has 0 radical (unpaired) electrons. The highest BCUT2D eigenvalue weighted by atomic mass is 35.5. The van der Waals surface area contributed by atoms with Gasteiger partial charge in [-0.15, -0.1) is 0 Å². The highest BCUT2D eigenvalue weighted by molar-refractivity contribution is 6.35. The molecule has 1 aliphatic heterocycles. The van der Waals surface area contributed by atoms with Gasteiger partial charge in [0.05, 0.1) is 0 Å². The third-order valence-corrected chi connectivity index (χ3v) is 3.66. The minimum atomic E-state index is -0.476. The Morgan fingerprint density at radius 1 is 1.10 bits per heavy atom. The second kappa shape index (κ2) is 5.80. The topological polar surface area (TPSA) is 38.3 Å². The van der Waals surface area contributed by atoms with Gasteiger partial charge in [-0.2, -0.15) is 0 Å². The Labute approximate surface area is 132 Å². The van der Waals surface area contributed by atoms with Gasteiger partial charge in [-0.1, -0.05) is 59.6 Å². The number of hydrogen-bond donors (Lipinski definition) is 1.